The second kappa shape index (κ2) is 9.04. The van der Waals surface area contributed by atoms with E-state index in [1.54, 1.807) is 15.8 Å². The molecular formula is C23H28N6O2. The number of allylic oxidation sites excluding steroid dienone is 1. The fourth-order valence-electron chi connectivity index (χ4n) is 3.86. The van der Waals surface area contributed by atoms with E-state index >= 15 is 0 Å². The van der Waals surface area contributed by atoms with Gasteiger partial charge >= 0.3 is 0 Å². The molecule has 0 fully saturated rings. The third-order valence-electron chi connectivity index (χ3n) is 5.47. The van der Waals surface area contributed by atoms with Gasteiger partial charge in [-0.15, -0.1) is 0 Å². The van der Waals surface area contributed by atoms with E-state index in [9.17, 15) is 14.9 Å². The van der Waals surface area contributed by atoms with Crippen LogP contribution >= 0.6 is 0 Å². The highest BCUT2D eigenvalue weighted by atomic mass is 16.2. The molecule has 0 atom stereocenters. The normalized spacial score (nSPS) is 12.7. The number of para-hydroxylation sites is 2. The number of anilines is 2. The fourth-order valence-corrected chi connectivity index (χ4v) is 3.86. The second-order valence-corrected chi connectivity index (χ2v) is 7.98. The lowest BCUT2D eigenvalue weighted by Gasteiger charge is -2.26. The van der Waals surface area contributed by atoms with Gasteiger partial charge in [0.05, 0.1) is 17.6 Å². The zero-order valence-corrected chi connectivity index (χ0v) is 18.7. The number of carbonyl (C=O) groups is 2. The third kappa shape index (κ3) is 4.45. The van der Waals surface area contributed by atoms with Crippen LogP contribution in [0.15, 0.2) is 48.1 Å². The number of Topliss-reactive ketones (excluding diaryl/α,β-unsaturated/α-hetero) is 1. The molecule has 2 heterocycles. The van der Waals surface area contributed by atoms with Crippen LogP contribution in [-0.2, 0) is 23.2 Å². The van der Waals surface area contributed by atoms with Crippen LogP contribution < -0.4 is 9.80 Å². The molecule has 0 radical (unpaired) electrons. The van der Waals surface area contributed by atoms with Crippen LogP contribution in [0.1, 0.15) is 32.3 Å². The summed E-state index contributed by atoms with van der Waals surface area (Å²) < 4.78 is 1.69. The average molecular weight is 421 g/mol. The lowest BCUT2D eigenvalue weighted by molar-refractivity contribution is -0.135. The molecule has 8 heteroatoms. The number of rotatable bonds is 7. The Labute approximate surface area is 183 Å². The molecular weight excluding hydrogens is 392 g/mol. The van der Waals surface area contributed by atoms with Crippen molar-refractivity contribution in [2.45, 2.75) is 39.3 Å². The summed E-state index contributed by atoms with van der Waals surface area (Å²) in [5.41, 5.74) is 2.86. The molecule has 0 spiro atoms. The summed E-state index contributed by atoms with van der Waals surface area (Å²) in [6, 6.07) is 9.78. The Kier molecular flexibility index (Phi) is 6.44. The Morgan fingerprint density at radius 3 is 2.19 bits per heavy atom. The van der Waals surface area contributed by atoms with Gasteiger partial charge in [-0.25, -0.2) is 0 Å². The molecule has 31 heavy (non-hydrogen) atoms. The summed E-state index contributed by atoms with van der Waals surface area (Å²) in [5.74, 6) is 0.0885. The predicted molar refractivity (Wildman–Crippen MR) is 119 cm³/mol. The molecule has 162 valence electrons. The van der Waals surface area contributed by atoms with Gasteiger partial charge in [0.25, 0.3) is 0 Å². The molecule has 2 aromatic rings. The zero-order valence-electron chi connectivity index (χ0n) is 18.7. The van der Waals surface area contributed by atoms with E-state index in [1.807, 2.05) is 75.3 Å². The predicted octanol–water partition coefficient (Wildman–Crippen LogP) is 2.83. The first-order valence-electron chi connectivity index (χ1n) is 10.3. The van der Waals surface area contributed by atoms with Crippen LogP contribution in [0.4, 0.5) is 11.4 Å². The Bertz CT molecular complexity index is 1030. The SMILES string of the molecule is CC(C)N(Cc1cnn(C)c1)C(=O)CCC(=O)C(C#N)=C1N(C)c2ccccc2N1C. The van der Waals surface area contributed by atoms with Crippen LogP contribution in [0.2, 0.25) is 0 Å². The number of amides is 1. The number of ketones is 1. The maximum absolute atomic E-state index is 12.9. The van der Waals surface area contributed by atoms with Crippen LogP contribution in [0, 0.1) is 11.3 Å². The first-order chi connectivity index (χ1) is 14.7. The number of aromatic nitrogens is 2. The van der Waals surface area contributed by atoms with Gasteiger partial charge in [-0.1, -0.05) is 12.1 Å². The minimum Gasteiger partial charge on any atom is -0.336 e. The van der Waals surface area contributed by atoms with E-state index in [0.717, 1.165) is 16.9 Å². The minimum atomic E-state index is -0.331. The van der Waals surface area contributed by atoms with Crippen molar-refractivity contribution >= 4 is 23.1 Å². The van der Waals surface area contributed by atoms with E-state index in [4.69, 9.17) is 0 Å². The molecule has 0 unspecified atom stereocenters. The summed E-state index contributed by atoms with van der Waals surface area (Å²) >= 11 is 0. The fraction of sp³-hybridized carbons (Fsp3) is 0.391. The van der Waals surface area contributed by atoms with Crippen molar-refractivity contribution in [2.75, 3.05) is 23.9 Å². The van der Waals surface area contributed by atoms with E-state index in [-0.39, 0.29) is 36.1 Å². The number of nitriles is 1. The van der Waals surface area contributed by atoms with Gasteiger partial charge in [0.2, 0.25) is 5.91 Å². The molecule has 0 bridgehead atoms. The Morgan fingerprint density at radius 2 is 1.71 bits per heavy atom. The molecule has 1 aliphatic heterocycles. The molecule has 8 nitrogen and oxygen atoms in total. The van der Waals surface area contributed by atoms with Crippen molar-refractivity contribution in [1.29, 1.82) is 5.26 Å². The highest BCUT2D eigenvalue weighted by Gasteiger charge is 2.31. The highest BCUT2D eigenvalue weighted by Crippen LogP contribution is 2.40. The summed E-state index contributed by atoms with van der Waals surface area (Å²) in [6.07, 6.45) is 3.64. The van der Waals surface area contributed by atoms with Crippen molar-refractivity contribution in [3.05, 3.63) is 53.6 Å². The first-order valence-corrected chi connectivity index (χ1v) is 10.3. The van der Waals surface area contributed by atoms with Crippen molar-refractivity contribution in [3.8, 4) is 6.07 Å². The topological polar surface area (TPSA) is 85.5 Å². The second-order valence-electron chi connectivity index (χ2n) is 7.98. The summed E-state index contributed by atoms with van der Waals surface area (Å²) in [5, 5.41) is 13.9. The van der Waals surface area contributed by atoms with Crippen LogP contribution in [0.3, 0.4) is 0 Å². The largest absolute Gasteiger partial charge is 0.336 e. The van der Waals surface area contributed by atoms with Gasteiger partial charge in [0.15, 0.2) is 5.78 Å². The van der Waals surface area contributed by atoms with Gasteiger partial charge in [-0.05, 0) is 26.0 Å². The van der Waals surface area contributed by atoms with E-state index in [2.05, 4.69) is 11.2 Å². The van der Waals surface area contributed by atoms with E-state index in [1.165, 1.54) is 0 Å². The summed E-state index contributed by atoms with van der Waals surface area (Å²) in [7, 11) is 5.50. The van der Waals surface area contributed by atoms with E-state index < -0.39 is 0 Å². The van der Waals surface area contributed by atoms with Crippen LogP contribution in [0.25, 0.3) is 0 Å². The number of carbonyl (C=O) groups excluding carboxylic acids is 2. The zero-order chi connectivity index (χ0) is 22.7. The molecule has 1 aliphatic rings. The van der Waals surface area contributed by atoms with Crippen molar-refractivity contribution in [1.82, 2.24) is 14.7 Å². The monoisotopic (exact) mass is 420 g/mol. The quantitative estimate of drug-likeness (QED) is 0.506. The Hall–Kier alpha value is -3.60. The Balaban J connectivity index is 1.73. The average Bonchev–Trinajstić information content (AvgIpc) is 3.27. The summed E-state index contributed by atoms with van der Waals surface area (Å²) in [6.45, 7) is 4.32. The maximum Gasteiger partial charge on any atom is 0.223 e. The standard InChI is InChI=1S/C23H28N6O2/c1-16(2)29(15-17-13-25-26(3)14-17)22(31)11-10-21(30)18(12-24)23-27(4)19-8-6-7-9-20(19)28(23)5/h6-9,13-14,16H,10-11,15H2,1-5H3. The molecule has 0 saturated carbocycles. The van der Waals surface area contributed by atoms with Gasteiger partial charge in [0, 0.05) is 58.3 Å². The minimum absolute atomic E-state index is 0.0144. The maximum atomic E-state index is 12.9. The molecule has 0 saturated heterocycles. The number of hydrogen-bond acceptors (Lipinski definition) is 6. The number of nitrogens with zero attached hydrogens (tertiary/aromatic N) is 6. The van der Waals surface area contributed by atoms with Crippen LogP contribution in [0.5, 0.6) is 0 Å². The highest BCUT2D eigenvalue weighted by molar-refractivity contribution is 6.03. The number of aryl methyl sites for hydroxylation is 1. The first kappa shape index (κ1) is 22.1. The number of hydrogen-bond donors (Lipinski definition) is 0. The van der Waals surface area contributed by atoms with Crippen molar-refractivity contribution < 1.29 is 9.59 Å². The molecule has 1 aromatic carbocycles. The molecule has 1 aromatic heterocycles. The third-order valence-corrected chi connectivity index (χ3v) is 5.47. The van der Waals surface area contributed by atoms with E-state index in [0.29, 0.717) is 12.4 Å². The van der Waals surface area contributed by atoms with Gasteiger partial charge in [-0.3, -0.25) is 14.3 Å². The van der Waals surface area contributed by atoms with Crippen molar-refractivity contribution in [2.24, 2.45) is 7.05 Å². The van der Waals surface area contributed by atoms with Gasteiger partial charge in [-0.2, -0.15) is 10.4 Å². The number of fused-ring (bicyclic) bond motifs is 1. The van der Waals surface area contributed by atoms with Gasteiger partial charge in [0.1, 0.15) is 17.5 Å². The van der Waals surface area contributed by atoms with Crippen molar-refractivity contribution in [3.63, 3.8) is 0 Å². The number of benzene rings is 1. The molecule has 0 aliphatic carbocycles. The molecule has 0 N–H and O–H groups in total. The smallest absolute Gasteiger partial charge is 0.223 e. The summed E-state index contributed by atoms with van der Waals surface area (Å²) in [4.78, 5) is 31.2. The molecule has 1 amide bonds. The molecule has 3 rings (SSSR count). The lowest BCUT2D eigenvalue weighted by Crippen LogP contribution is -2.36. The van der Waals surface area contributed by atoms with Crippen LogP contribution in [-0.4, -0.2) is 46.5 Å². The van der Waals surface area contributed by atoms with Gasteiger partial charge < -0.3 is 14.7 Å². The lowest BCUT2D eigenvalue weighted by atomic mass is 10.1. The Morgan fingerprint density at radius 1 is 1.10 bits per heavy atom.